The molecule has 1 aromatic rings. The number of pyridine rings is 1. The van der Waals surface area contributed by atoms with Gasteiger partial charge in [0.05, 0.1) is 0 Å². The fraction of sp³-hybridized carbons (Fsp3) is 0.600. The fourth-order valence-electron chi connectivity index (χ4n) is 2.66. The van der Waals surface area contributed by atoms with Gasteiger partial charge in [-0.3, -0.25) is 0 Å². The Hall–Kier alpha value is -1.60. The summed E-state index contributed by atoms with van der Waals surface area (Å²) in [4.78, 5) is 9.11. The molecule has 2 heterocycles. The zero-order valence-electron chi connectivity index (χ0n) is 12.0. The second-order valence-corrected chi connectivity index (χ2v) is 5.46. The van der Waals surface area contributed by atoms with Gasteiger partial charge in [0.2, 0.25) is 0 Å². The zero-order valence-corrected chi connectivity index (χ0v) is 12.0. The van der Waals surface area contributed by atoms with Crippen LogP contribution >= 0.6 is 0 Å². The third kappa shape index (κ3) is 3.24. The van der Waals surface area contributed by atoms with Crippen molar-refractivity contribution in [3.05, 3.63) is 23.9 Å². The van der Waals surface area contributed by atoms with Gasteiger partial charge in [-0.1, -0.05) is 6.07 Å². The maximum absolute atomic E-state index is 8.91. The molecule has 1 aromatic heterocycles. The Labute approximate surface area is 115 Å². The quantitative estimate of drug-likeness (QED) is 0.834. The molecular weight excluding hydrogens is 236 g/mol. The average molecular weight is 258 g/mol. The molecule has 1 fully saturated rings. The van der Waals surface area contributed by atoms with Gasteiger partial charge in [-0.15, -0.1) is 0 Å². The molecule has 0 aromatic carbocycles. The highest BCUT2D eigenvalue weighted by Crippen LogP contribution is 2.21. The van der Waals surface area contributed by atoms with Gasteiger partial charge < -0.3 is 9.80 Å². The molecule has 2 rings (SSSR count). The van der Waals surface area contributed by atoms with Crippen LogP contribution in [0, 0.1) is 11.3 Å². The molecule has 0 saturated carbocycles. The number of nitrogens with zero attached hydrogens (tertiary/aromatic N) is 4. The highest BCUT2D eigenvalue weighted by atomic mass is 15.2. The van der Waals surface area contributed by atoms with Crippen LogP contribution in [-0.2, 0) is 0 Å². The zero-order chi connectivity index (χ0) is 13.8. The summed E-state index contributed by atoms with van der Waals surface area (Å²) in [6, 6.07) is 8.89. The minimum absolute atomic E-state index is 0.490. The Balaban J connectivity index is 2.01. The minimum Gasteiger partial charge on any atom is -0.357 e. The van der Waals surface area contributed by atoms with E-state index in [-0.39, 0.29) is 0 Å². The van der Waals surface area contributed by atoms with Gasteiger partial charge >= 0.3 is 0 Å². The van der Waals surface area contributed by atoms with Crippen LogP contribution in [0.15, 0.2) is 18.2 Å². The van der Waals surface area contributed by atoms with E-state index in [1.54, 1.807) is 6.07 Å². The van der Waals surface area contributed by atoms with Gasteiger partial charge in [-0.25, -0.2) is 4.98 Å². The van der Waals surface area contributed by atoms with Gasteiger partial charge in [0.1, 0.15) is 17.6 Å². The normalized spacial score (nSPS) is 17.4. The Kier molecular flexibility index (Phi) is 4.39. The third-order valence-corrected chi connectivity index (χ3v) is 3.99. The molecule has 1 aliphatic rings. The fourth-order valence-corrected chi connectivity index (χ4v) is 2.66. The maximum atomic E-state index is 8.91. The van der Waals surface area contributed by atoms with Gasteiger partial charge in [-0.2, -0.15) is 5.26 Å². The SMILES string of the molecule is CC(C)N1CCC(N(C)c2cccc(C#N)n2)CC1. The first-order valence-corrected chi connectivity index (χ1v) is 6.96. The molecule has 4 heteroatoms. The van der Waals surface area contributed by atoms with Gasteiger partial charge in [0.15, 0.2) is 0 Å². The Morgan fingerprint density at radius 1 is 1.37 bits per heavy atom. The van der Waals surface area contributed by atoms with E-state index in [4.69, 9.17) is 5.26 Å². The number of hydrogen-bond donors (Lipinski definition) is 0. The summed E-state index contributed by atoms with van der Waals surface area (Å²) in [5, 5.41) is 8.91. The van der Waals surface area contributed by atoms with Gasteiger partial charge in [0.25, 0.3) is 0 Å². The number of nitriles is 1. The number of hydrogen-bond acceptors (Lipinski definition) is 4. The van der Waals surface area contributed by atoms with Crippen LogP contribution in [0.2, 0.25) is 0 Å². The first-order valence-electron chi connectivity index (χ1n) is 6.96. The second kappa shape index (κ2) is 6.03. The molecule has 0 unspecified atom stereocenters. The highest BCUT2D eigenvalue weighted by molar-refractivity contribution is 5.41. The molecule has 0 N–H and O–H groups in total. The summed E-state index contributed by atoms with van der Waals surface area (Å²) in [5.74, 6) is 0.905. The predicted octanol–water partition coefficient (Wildman–Crippen LogP) is 2.26. The molecule has 0 radical (unpaired) electrons. The third-order valence-electron chi connectivity index (χ3n) is 3.99. The van der Waals surface area contributed by atoms with E-state index in [0.29, 0.717) is 17.8 Å². The van der Waals surface area contributed by atoms with E-state index in [2.05, 4.69) is 41.7 Å². The Bertz CT molecular complexity index is 455. The largest absolute Gasteiger partial charge is 0.357 e. The lowest BCUT2D eigenvalue weighted by atomic mass is 10.0. The lowest BCUT2D eigenvalue weighted by Crippen LogP contribution is -2.46. The number of anilines is 1. The molecule has 0 bridgehead atoms. The monoisotopic (exact) mass is 258 g/mol. The molecule has 1 aliphatic heterocycles. The van der Waals surface area contributed by atoms with Crippen LogP contribution in [0.1, 0.15) is 32.4 Å². The van der Waals surface area contributed by atoms with Crippen molar-refractivity contribution in [2.75, 3.05) is 25.0 Å². The van der Waals surface area contributed by atoms with Crippen molar-refractivity contribution in [2.45, 2.75) is 38.8 Å². The van der Waals surface area contributed by atoms with Crippen molar-refractivity contribution in [1.29, 1.82) is 5.26 Å². The number of aromatic nitrogens is 1. The minimum atomic E-state index is 0.490. The van der Waals surface area contributed by atoms with Crippen LogP contribution in [0.4, 0.5) is 5.82 Å². The van der Waals surface area contributed by atoms with E-state index in [1.807, 2.05) is 12.1 Å². The van der Waals surface area contributed by atoms with Crippen LogP contribution in [0.25, 0.3) is 0 Å². The molecule has 0 aliphatic carbocycles. The maximum Gasteiger partial charge on any atom is 0.142 e. The van der Waals surface area contributed by atoms with Gasteiger partial charge in [0, 0.05) is 32.2 Å². The average Bonchev–Trinajstić information content (AvgIpc) is 2.46. The van der Waals surface area contributed by atoms with Gasteiger partial charge in [-0.05, 0) is 38.8 Å². The second-order valence-electron chi connectivity index (χ2n) is 5.46. The molecular formula is C15H22N4. The molecule has 0 atom stereocenters. The van der Waals surface area contributed by atoms with Crippen LogP contribution in [0.5, 0.6) is 0 Å². The molecule has 1 saturated heterocycles. The molecule has 19 heavy (non-hydrogen) atoms. The summed E-state index contributed by atoms with van der Waals surface area (Å²) < 4.78 is 0. The molecule has 0 spiro atoms. The summed E-state index contributed by atoms with van der Waals surface area (Å²) >= 11 is 0. The van der Waals surface area contributed by atoms with E-state index >= 15 is 0 Å². The molecule has 102 valence electrons. The summed E-state index contributed by atoms with van der Waals surface area (Å²) in [6.45, 7) is 6.79. The smallest absolute Gasteiger partial charge is 0.142 e. The van der Waals surface area contributed by atoms with Crippen LogP contribution in [0.3, 0.4) is 0 Å². The Morgan fingerprint density at radius 2 is 2.05 bits per heavy atom. The lowest BCUT2D eigenvalue weighted by molar-refractivity contribution is 0.171. The lowest BCUT2D eigenvalue weighted by Gasteiger charge is -2.39. The van der Waals surface area contributed by atoms with E-state index in [0.717, 1.165) is 31.7 Å². The van der Waals surface area contributed by atoms with Crippen molar-refractivity contribution in [3.8, 4) is 6.07 Å². The van der Waals surface area contributed by atoms with Crippen molar-refractivity contribution < 1.29 is 0 Å². The summed E-state index contributed by atoms with van der Waals surface area (Å²) in [7, 11) is 2.08. The Morgan fingerprint density at radius 3 is 2.63 bits per heavy atom. The van der Waals surface area contributed by atoms with E-state index in [9.17, 15) is 0 Å². The highest BCUT2D eigenvalue weighted by Gasteiger charge is 2.24. The van der Waals surface area contributed by atoms with E-state index < -0.39 is 0 Å². The van der Waals surface area contributed by atoms with Crippen molar-refractivity contribution >= 4 is 5.82 Å². The number of likely N-dealkylation sites (tertiary alicyclic amines) is 1. The molecule has 0 amide bonds. The summed E-state index contributed by atoms with van der Waals surface area (Å²) in [5.41, 5.74) is 0.490. The first-order chi connectivity index (χ1) is 9.11. The van der Waals surface area contributed by atoms with Crippen molar-refractivity contribution in [3.63, 3.8) is 0 Å². The van der Waals surface area contributed by atoms with E-state index in [1.165, 1.54) is 0 Å². The van der Waals surface area contributed by atoms with Crippen LogP contribution < -0.4 is 4.90 Å². The number of piperidine rings is 1. The summed E-state index contributed by atoms with van der Waals surface area (Å²) in [6.07, 6.45) is 2.32. The number of rotatable bonds is 3. The van der Waals surface area contributed by atoms with Crippen molar-refractivity contribution in [1.82, 2.24) is 9.88 Å². The topological polar surface area (TPSA) is 43.2 Å². The van der Waals surface area contributed by atoms with Crippen molar-refractivity contribution in [2.24, 2.45) is 0 Å². The predicted molar refractivity (Wildman–Crippen MR) is 77.1 cm³/mol. The molecule has 4 nitrogen and oxygen atoms in total. The standard InChI is InChI=1S/C15H22N4/c1-12(2)19-9-7-14(8-10-19)18(3)15-6-4-5-13(11-16)17-15/h4-6,12,14H,7-10H2,1-3H3. The first kappa shape index (κ1) is 13.8. The van der Waals surface area contributed by atoms with Crippen LogP contribution in [-0.4, -0.2) is 42.1 Å².